The van der Waals surface area contributed by atoms with Gasteiger partial charge in [-0.05, 0) is 26.3 Å². The lowest BCUT2D eigenvalue weighted by atomic mass is 10.1. The van der Waals surface area contributed by atoms with Gasteiger partial charge < -0.3 is 5.32 Å². The van der Waals surface area contributed by atoms with Crippen LogP contribution in [0.1, 0.15) is 38.4 Å². The Bertz CT molecular complexity index is 269. The second kappa shape index (κ2) is 5.88. The van der Waals surface area contributed by atoms with Gasteiger partial charge >= 0.3 is 0 Å². The Morgan fingerprint density at radius 3 is 3.00 bits per heavy atom. The molecule has 0 aliphatic rings. The van der Waals surface area contributed by atoms with Gasteiger partial charge in [-0.2, -0.15) is 8.75 Å². The van der Waals surface area contributed by atoms with E-state index in [1.807, 2.05) is 13.1 Å². The molecule has 0 aromatic carbocycles. The quantitative estimate of drug-likeness (QED) is 0.735. The number of aromatic nitrogens is 2. The van der Waals surface area contributed by atoms with E-state index in [4.69, 9.17) is 0 Å². The van der Waals surface area contributed by atoms with Crippen LogP contribution in [-0.4, -0.2) is 15.3 Å². The van der Waals surface area contributed by atoms with Gasteiger partial charge in [0, 0.05) is 0 Å². The molecule has 78 valence electrons. The van der Waals surface area contributed by atoms with E-state index in [-0.39, 0.29) is 6.04 Å². The summed E-state index contributed by atoms with van der Waals surface area (Å²) in [5.41, 5.74) is 2.21. The Labute approximate surface area is 89.6 Å². The van der Waals surface area contributed by atoms with Gasteiger partial charge in [0.25, 0.3) is 0 Å². The van der Waals surface area contributed by atoms with Crippen LogP contribution in [0, 0.1) is 0 Å². The number of hydrogen-bond acceptors (Lipinski definition) is 4. The zero-order valence-corrected chi connectivity index (χ0v) is 9.60. The molecule has 1 rings (SSSR count). The summed E-state index contributed by atoms with van der Waals surface area (Å²) in [6.45, 7) is 9.14. The molecule has 0 bridgehead atoms. The van der Waals surface area contributed by atoms with Crippen LogP contribution in [0.15, 0.2) is 18.3 Å². The monoisotopic (exact) mass is 211 g/mol. The molecule has 0 amide bonds. The largest absolute Gasteiger partial charge is 0.308 e. The number of rotatable bonds is 6. The lowest BCUT2D eigenvalue weighted by molar-refractivity contribution is 0.519. The van der Waals surface area contributed by atoms with E-state index in [9.17, 15) is 0 Å². The van der Waals surface area contributed by atoms with E-state index in [1.165, 1.54) is 17.3 Å². The lowest BCUT2D eigenvalue weighted by Gasteiger charge is -2.15. The second-order valence-electron chi connectivity index (χ2n) is 3.50. The van der Waals surface area contributed by atoms with Crippen LogP contribution >= 0.6 is 11.7 Å². The molecule has 3 nitrogen and oxygen atoms in total. The van der Waals surface area contributed by atoms with Gasteiger partial charge in [0.1, 0.15) is 0 Å². The summed E-state index contributed by atoms with van der Waals surface area (Å²) in [4.78, 5) is 0. The van der Waals surface area contributed by atoms with Crippen molar-refractivity contribution in [2.24, 2.45) is 0 Å². The maximum atomic E-state index is 4.25. The molecule has 0 aliphatic heterocycles. The average molecular weight is 211 g/mol. The first-order chi connectivity index (χ1) is 6.74. The molecule has 4 heteroatoms. The zero-order valence-electron chi connectivity index (χ0n) is 8.79. The maximum Gasteiger partial charge on any atom is 0.0915 e. The summed E-state index contributed by atoms with van der Waals surface area (Å²) in [6.07, 6.45) is 3.90. The van der Waals surface area contributed by atoms with E-state index < -0.39 is 0 Å². The van der Waals surface area contributed by atoms with E-state index >= 15 is 0 Å². The minimum atomic E-state index is 0.284. The first-order valence-electron chi connectivity index (χ1n) is 4.89. The minimum absolute atomic E-state index is 0.284. The van der Waals surface area contributed by atoms with E-state index in [1.54, 1.807) is 0 Å². The Morgan fingerprint density at radius 2 is 2.50 bits per heavy atom. The fourth-order valence-electron chi connectivity index (χ4n) is 1.27. The Kier molecular flexibility index (Phi) is 4.76. The highest BCUT2D eigenvalue weighted by Crippen LogP contribution is 2.18. The fourth-order valence-corrected chi connectivity index (χ4v) is 1.74. The van der Waals surface area contributed by atoms with E-state index in [0.717, 1.165) is 25.1 Å². The third-order valence-electron chi connectivity index (χ3n) is 1.93. The van der Waals surface area contributed by atoms with Crippen LogP contribution in [0.5, 0.6) is 0 Å². The minimum Gasteiger partial charge on any atom is -0.308 e. The number of hydrogen-bond donors (Lipinski definition) is 1. The van der Waals surface area contributed by atoms with E-state index in [2.05, 4.69) is 27.6 Å². The maximum absolute atomic E-state index is 4.25. The van der Waals surface area contributed by atoms with Crippen molar-refractivity contribution in [3.63, 3.8) is 0 Å². The van der Waals surface area contributed by atoms with Gasteiger partial charge in [0.05, 0.1) is 29.7 Å². The molecule has 0 aliphatic carbocycles. The Morgan fingerprint density at radius 1 is 1.71 bits per heavy atom. The molecule has 0 saturated carbocycles. The van der Waals surface area contributed by atoms with Gasteiger partial charge in [-0.1, -0.05) is 12.5 Å². The molecule has 1 aromatic heterocycles. The van der Waals surface area contributed by atoms with Crippen molar-refractivity contribution in [2.45, 2.75) is 32.7 Å². The van der Waals surface area contributed by atoms with Crippen LogP contribution in [0.4, 0.5) is 0 Å². The van der Waals surface area contributed by atoms with Crippen LogP contribution in [0.2, 0.25) is 0 Å². The molecule has 1 heterocycles. The van der Waals surface area contributed by atoms with Gasteiger partial charge in [0.2, 0.25) is 0 Å². The molecule has 1 aromatic rings. The second-order valence-corrected chi connectivity index (χ2v) is 4.06. The SMILES string of the molecule is C=C(C)CC(NCCC)c1cnsn1. The van der Waals surface area contributed by atoms with Gasteiger partial charge in [-0.25, -0.2) is 0 Å². The van der Waals surface area contributed by atoms with Gasteiger partial charge in [-0.3, -0.25) is 0 Å². The molecular formula is C10H17N3S. The molecule has 1 N–H and O–H groups in total. The Balaban J connectivity index is 2.57. The standard InChI is InChI=1S/C10H17N3S/c1-4-5-11-9(6-8(2)3)10-7-12-14-13-10/h7,9,11H,2,4-6H2,1,3H3. The van der Waals surface area contributed by atoms with Crippen molar-refractivity contribution in [2.75, 3.05) is 6.54 Å². The van der Waals surface area contributed by atoms with Crippen molar-refractivity contribution in [3.8, 4) is 0 Å². The highest BCUT2D eigenvalue weighted by Gasteiger charge is 2.12. The smallest absolute Gasteiger partial charge is 0.0915 e. The van der Waals surface area contributed by atoms with E-state index in [0.29, 0.717) is 0 Å². The lowest BCUT2D eigenvalue weighted by Crippen LogP contribution is -2.22. The van der Waals surface area contributed by atoms with Gasteiger partial charge in [0.15, 0.2) is 0 Å². The third kappa shape index (κ3) is 3.55. The predicted octanol–water partition coefficient (Wildman–Crippen LogP) is 2.55. The summed E-state index contributed by atoms with van der Waals surface area (Å²) in [5, 5.41) is 3.45. The Hall–Kier alpha value is -0.740. The van der Waals surface area contributed by atoms with Crippen LogP contribution in [0.25, 0.3) is 0 Å². The summed E-state index contributed by atoms with van der Waals surface area (Å²) in [7, 11) is 0. The van der Waals surface area contributed by atoms with Crippen molar-refractivity contribution in [3.05, 3.63) is 24.0 Å². The normalized spacial score (nSPS) is 12.7. The van der Waals surface area contributed by atoms with Crippen molar-refractivity contribution in [1.29, 1.82) is 0 Å². The van der Waals surface area contributed by atoms with Crippen LogP contribution in [-0.2, 0) is 0 Å². The van der Waals surface area contributed by atoms with Crippen LogP contribution in [0.3, 0.4) is 0 Å². The first kappa shape index (κ1) is 11.3. The first-order valence-corrected chi connectivity index (χ1v) is 5.62. The van der Waals surface area contributed by atoms with Crippen molar-refractivity contribution < 1.29 is 0 Å². The number of nitrogens with zero attached hydrogens (tertiary/aromatic N) is 2. The summed E-state index contributed by atoms with van der Waals surface area (Å²) >= 11 is 1.26. The summed E-state index contributed by atoms with van der Waals surface area (Å²) < 4.78 is 8.27. The molecule has 14 heavy (non-hydrogen) atoms. The van der Waals surface area contributed by atoms with Crippen LogP contribution < -0.4 is 5.32 Å². The summed E-state index contributed by atoms with van der Waals surface area (Å²) in [6, 6.07) is 0.284. The third-order valence-corrected chi connectivity index (χ3v) is 2.42. The molecule has 1 atom stereocenters. The molecular weight excluding hydrogens is 194 g/mol. The zero-order chi connectivity index (χ0) is 10.4. The van der Waals surface area contributed by atoms with Crippen molar-refractivity contribution in [1.82, 2.24) is 14.1 Å². The highest BCUT2D eigenvalue weighted by molar-refractivity contribution is 6.99. The predicted molar refractivity (Wildman–Crippen MR) is 60.4 cm³/mol. The highest BCUT2D eigenvalue weighted by atomic mass is 32.1. The molecule has 0 saturated heterocycles. The topological polar surface area (TPSA) is 37.8 Å². The fraction of sp³-hybridized carbons (Fsp3) is 0.600. The average Bonchev–Trinajstić information content (AvgIpc) is 2.64. The van der Waals surface area contributed by atoms with Crippen molar-refractivity contribution >= 4 is 11.7 Å². The molecule has 1 unspecified atom stereocenters. The number of nitrogens with one attached hydrogen (secondary N) is 1. The molecule has 0 fully saturated rings. The summed E-state index contributed by atoms with van der Waals surface area (Å²) in [5.74, 6) is 0. The van der Waals surface area contributed by atoms with Gasteiger partial charge in [-0.15, -0.1) is 6.58 Å². The molecule has 0 radical (unpaired) electrons. The molecule has 0 spiro atoms.